The SMILES string of the molecule is O=C1c2ccc(Br)cc2C(=O)N1CCCC(=O)N(Cc1ccncc1)C1CC1. The molecule has 28 heavy (non-hydrogen) atoms. The zero-order valence-corrected chi connectivity index (χ0v) is 16.9. The van der Waals surface area contributed by atoms with Crippen LogP contribution in [0.25, 0.3) is 0 Å². The van der Waals surface area contributed by atoms with Gasteiger partial charge in [0.25, 0.3) is 11.8 Å². The number of nitrogens with zero attached hydrogens (tertiary/aromatic N) is 3. The Bertz CT molecular complexity index is 928. The monoisotopic (exact) mass is 441 g/mol. The molecule has 1 saturated carbocycles. The van der Waals surface area contributed by atoms with E-state index < -0.39 is 0 Å². The van der Waals surface area contributed by atoms with Gasteiger partial charge in [-0.1, -0.05) is 15.9 Å². The van der Waals surface area contributed by atoms with Crippen LogP contribution in [0.4, 0.5) is 0 Å². The molecule has 7 heteroatoms. The van der Waals surface area contributed by atoms with Crippen LogP contribution in [0.3, 0.4) is 0 Å². The van der Waals surface area contributed by atoms with E-state index in [0.29, 0.717) is 36.6 Å². The summed E-state index contributed by atoms with van der Waals surface area (Å²) in [6, 6.07) is 9.22. The standard InChI is InChI=1S/C21H20BrN3O3/c22-15-3-6-17-18(12-15)21(28)24(20(17)27)11-1-2-19(26)25(16-4-5-16)13-14-7-9-23-10-8-14/h3,6-10,12,16H,1-2,4-5,11,13H2. The van der Waals surface area contributed by atoms with Gasteiger partial charge >= 0.3 is 0 Å². The number of carbonyl (C=O) groups excluding carboxylic acids is 3. The highest BCUT2D eigenvalue weighted by atomic mass is 79.9. The molecule has 2 aromatic rings. The van der Waals surface area contributed by atoms with E-state index in [1.807, 2.05) is 17.0 Å². The molecule has 1 aromatic heterocycles. The average molecular weight is 442 g/mol. The van der Waals surface area contributed by atoms with Gasteiger partial charge in [-0.25, -0.2) is 0 Å². The number of aromatic nitrogens is 1. The highest BCUT2D eigenvalue weighted by Crippen LogP contribution is 2.30. The van der Waals surface area contributed by atoms with Crippen molar-refractivity contribution in [1.82, 2.24) is 14.8 Å². The molecule has 6 nitrogen and oxygen atoms in total. The van der Waals surface area contributed by atoms with E-state index >= 15 is 0 Å². The summed E-state index contributed by atoms with van der Waals surface area (Å²) >= 11 is 3.33. The molecule has 4 rings (SSSR count). The number of carbonyl (C=O) groups is 3. The summed E-state index contributed by atoms with van der Waals surface area (Å²) in [7, 11) is 0. The lowest BCUT2D eigenvalue weighted by Gasteiger charge is -2.23. The molecule has 0 saturated heterocycles. The Hall–Kier alpha value is -2.54. The normalized spacial score (nSPS) is 15.7. The Morgan fingerprint density at radius 2 is 1.82 bits per heavy atom. The molecule has 0 unspecified atom stereocenters. The molecule has 2 heterocycles. The van der Waals surface area contributed by atoms with Crippen molar-refractivity contribution in [2.45, 2.75) is 38.3 Å². The fourth-order valence-electron chi connectivity index (χ4n) is 3.49. The lowest BCUT2D eigenvalue weighted by Crippen LogP contribution is -2.34. The van der Waals surface area contributed by atoms with Crippen LogP contribution in [0.2, 0.25) is 0 Å². The Kier molecular flexibility index (Phi) is 5.26. The summed E-state index contributed by atoms with van der Waals surface area (Å²) < 4.78 is 0.764. The van der Waals surface area contributed by atoms with Crippen molar-refractivity contribution < 1.29 is 14.4 Å². The number of amides is 3. The van der Waals surface area contributed by atoms with Gasteiger partial charge in [0.2, 0.25) is 5.91 Å². The van der Waals surface area contributed by atoms with Crippen LogP contribution in [0.1, 0.15) is 52.0 Å². The third-order valence-corrected chi connectivity index (χ3v) is 5.61. The van der Waals surface area contributed by atoms with E-state index in [4.69, 9.17) is 0 Å². The summed E-state index contributed by atoms with van der Waals surface area (Å²) in [6.07, 6.45) is 6.30. The van der Waals surface area contributed by atoms with Crippen molar-refractivity contribution in [2.24, 2.45) is 0 Å². The maximum absolute atomic E-state index is 12.7. The van der Waals surface area contributed by atoms with Gasteiger partial charge in [-0.2, -0.15) is 0 Å². The van der Waals surface area contributed by atoms with Gasteiger partial charge < -0.3 is 4.90 Å². The second-order valence-electron chi connectivity index (χ2n) is 7.16. The summed E-state index contributed by atoms with van der Waals surface area (Å²) in [4.78, 5) is 44.9. The Labute approximate surface area is 171 Å². The lowest BCUT2D eigenvalue weighted by molar-refractivity contribution is -0.132. The second kappa shape index (κ2) is 7.83. The molecule has 0 bridgehead atoms. The van der Waals surface area contributed by atoms with Crippen molar-refractivity contribution in [3.63, 3.8) is 0 Å². The van der Waals surface area contributed by atoms with Crippen LogP contribution in [0.15, 0.2) is 47.2 Å². The maximum Gasteiger partial charge on any atom is 0.261 e. The number of pyridine rings is 1. The number of hydrogen-bond acceptors (Lipinski definition) is 4. The highest BCUT2D eigenvalue weighted by molar-refractivity contribution is 9.10. The topological polar surface area (TPSA) is 70.6 Å². The first-order chi connectivity index (χ1) is 13.5. The fraction of sp³-hybridized carbons (Fsp3) is 0.333. The zero-order chi connectivity index (χ0) is 19.7. The molecular weight excluding hydrogens is 422 g/mol. The van der Waals surface area contributed by atoms with Crippen LogP contribution in [-0.4, -0.2) is 45.1 Å². The number of imide groups is 1. The first-order valence-corrected chi connectivity index (χ1v) is 10.2. The van der Waals surface area contributed by atoms with Gasteiger partial charge in [0.15, 0.2) is 0 Å². The highest BCUT2D eigenvalue weighted by Gasteiger charge is 2.36. The smallest absolute Gasteiger partial charge is 0.261 e. The van der Waals surface area contributed by atoms with E-state index in [1.54, 1.807) is 30.6 Å². The van der Waals surface area contributed by atoms with Gasteiger partial charge in [-0.3, -0.25) is 24.3 Å². The largest absolute Gasteiger partial charge is 0.335 e. The Morgan fingerprint density at radius 3 is 2.54 bits per heavy atom. The number of benzene rings is 1. The lowest BCUT2D eigenvalue weighted by atomic mass is 10.1. The van der Waals surface area contributed by atoms with E-state index in [-0.39, 0.29) is 24.3 Å². The molecule has 1 aromatic carbocycles. The summed E-state index contributed by atoms with van der Waals surface area (Å²) in [5.41, 5.74) is 1.90. The minimum atomic E-state index is -0.287. The molecule has 0 atom stereocenters. The third-order valence-electron chi connectivity index (χ3n) is 5.12. The van der Waals surface area contributed by atoms with Gasteiger partial charge in [0, 0.05) is 42.4 Å². The van der Waals surface area contributed by atoms with E-state index in [2.05, 4.69) is 20.9 Å². The molecule has 0 N–H and O–H groups in total. The van der Waals surface area contributed by atoms with Crippen molar-refractivity contribution in [3.05, 3.63) is 63.9 Å². The third kappa shape index (κ3) is 3.85. The predicted octanol–water partition coefficient (Wildman–Crippen LogP) is 3.41. The fourth-order valence-corrected chi connectivity index (χ4v) is 3.85. The summed E-state index contributed by atoms with van der Waals surface area (Å²) in [6.45, 7) is 0.830. The molecule has 2 aliphatic rings. The number of rotatable bonds is 7. The van der Waals surface area contributed by atoms with Gasteiger partial charge in [0.05, 0.1) is 11.1 Å². The van der Waals surface area contributed by atoms with Crippen LogP contribution in [0, 0.1) is 0 Å². The van der Waals surface area contributed by atoms with Crippen LogP contribution in [-0.2, 0) is 11.3 Å². The van der Waals surface area contributed by atoms with Crippen LogP contribution in [0.5, 0.6) is 0 Å². The molecule has 0 spiro atoms. The Balaban J connectivity index is 1.35. The van der Waals surface area contributed by atoms with Crippen molar-refractivity contribution in [2.75, 3.05) is 6.54 Å². The zero-order valence-electron chi connectivity index (χ0n) is 15.3. The first kappa shape index (κ1) is 18.8. The molecule has 0 radical (unpaired) electrons. The maximum atomic E-state index is 12.7. The van der Waals surface area contributed by atoms with E-state index in [0.717, 1.165) is 22.9 Å². The summed E-state index contributed by atoms with van der Waals surface area (Å²) in [5.74, 6) is -0.501. The minimum Gasteiger partial charge on any atom is -0.335 e. The average Bonchev–Trinajstić information content (AvgIpc) is 3.51. The van der Waals surface area contributed by atoms with Crippen LogP contribution >= 0.6 is 15.9 Å². The van der Waals surface area contributed by atoms with Gasteiger partial charge in [-0.05, 0) is 55.2 Å². The quantitative estimate of drug-likeness (QED) is 0.617. The molecular formula is C21H20BrN3O3. The minimum absolute atomic E-state index is 0.0682. The van der Waals surface area contributed by atoms with E-state index in [9.17, 15) is 14.4 Å². The summed E-state index contributed by atoms with van der Waals surface area (Å²) in [5, 5.41) is 0. The van der Waals surface area contributed by atoms with Crippen molar-refractivity contribution >= 4 is 33.7 Å². The second-order valence-corrected chi connectivity index (χ2v) is 8.08. The van der Waals surface area contributed by atoms with E-state index in [1.165, 1.54) is 4.90 Å². The van der Waals surface area contributed by atoms with Crippen LogP contribution < -0.4 is 0 Å². The number of hydrogen-bond donors (Lipinski definition) is 0. The Morgan fingerprint density at radius 1 is 1.11 bits per heavy atom. The van der Waals surface area contributed by atoms with Crippen molar-refractivity contribution in [3.8, 4) is 0 Å². The molecule has 1 fully saturated rings. The molecule has 3 amide bonds. The molecule has 144 valence electrons. The van der Waals surface area contributed by atoms with Crippen molar-refractivity contribution in [1.29, 1.82) is 0 Å². The molecule has 1 aliphatic heterocycles. The first-order valence-electron chi connectivity index (χ1n) is 9.38. The predicted molar refractivity (Wildman–Crippen MR) is 107 cm³/mol. The molecule has 1 aliphatic carbocycles. The van der Waals surface area contributed by atoms with Gasteiger partial charge in [-0.15, -0.1) is 0 Å². The van der Waals surface area contributed by atoms with Gasteiger partial charge in [0.1, 0.15) is 0 Å². The number of halogens is 1. The number of fused-ring (bicyclic) bond motifs is 1.